The second-order valence-electron chi connectivity index (χ2n) is 4.84. The van der Waals surface area contributed by atoms with Crippen molar-refractivity contribution in [3.05, 3.63) is 63.6 Å². The van der Waals surface area contributed by atoms with E-state index in [2.05, 4.69) is 15.8 Å². The number of thiocarbonyl (C=S) groups is 1. The van der Waals surface area contributed by atoms with Crippen molar-refractivity contribution in [2.45, 2.75) is 13.5 Å². The Bertz CT molecular complexity index is 738. The first-order valence-electron chi connectivity index (χ1n) is 7.38. The van der Waals surface area contributed by atoms with Crippen LogP contribution in [-0.2, 0) is 6.61 Å². The van der Waals surface area contributed by atoms with Gasteiger partial charge in [-0.05, 0) is 43.4 Å². The van der Waals surface area contributed by atoms with Crippen molar-refractivity contribution in [2.24, 2.45) is 0 Å². The summed E-state index contributed by atoms with van der Waals surface area (Å²) >= 11 is 17.2. The number of ether oxygens (including phenoxy) is 1. The molecule has 0 fully saturated rings. The Morgan fingerprint density at radius 1 is 1.25 bits per heavy atom. The number of hydrogen-bond donors (Lipinski definition) is 3. The van der Waals surface area contributed by atoms with Gasteiger partial charge in [-0.3, -0.25) is 0 Å². The van der Waals surface area contributed by atoms with Crippen LogP contribution in [0.25, 0.3) is 0 Å². The standard InChI is InChI=1S/C17H17Cl2N3OS/c1-2-20-17(24)22-21-10-12-5-3-4-6-16(12)23-11-13-7-8-14(18)9-15(13)19/h3-10H,2,11H2,1H3,(H2,20,22,24)/p+1. The van der Waals surface area contributed by atoms with E-state index in [4.69, 9.17) is 40.2 Å². The fourth-order valence-corrected chi connectivity index (χ4v) is 2.58. The Kier molecular flexibility index (Phi) is 7.31. The van der Waals surface area contributed by atoms with E-state index in [1.807, 2.05) is 37.3 Å². The summed E-state index contributed by atoms with van der Waals surface area (Å²) in [7, 11) is 0. The lowest BCUT2D eigenvalue weighted by atomic mass is 10.2. The number of hydrazone groups is 1. The average Bonchev–Trinajstić information content (AvgIpc) is 2.55. The van der Waals surface area contributed by atoms with E-state index in [1.165, 1.54) is 0 Å². The van der Waals surface area contributed by atoms with E-state index in [1.54, 1.807) is 18.3 Å². The first-order chi connectivity index (χ1) is 11.6. The molecule has 0 aliphatic heterocycles. The topological polar surface area (TPSA) is 47.3 Å². The van der Waals surface area contributed by atoms with Crippen LogP contribution < -0.4 is 20.6 Å². The number of halogens is 2. The summed E-state index contributed by atoms with van der Waals surface area (Å²) in [6.07, 6.45) is 1.78. The molecule has 2 rings (SSSR count). The first kappa shape index (κ1) is 18.5. The van der Waals surface area contributed by atoms with Gasteiger partial charge in [0.2, 0.25) is 11.3 Å². The SMILES string of the molecule is CCNC(=S)N[NH+]=Cc1ccccc1OCc1ccc(Cl)cc1Cl. The minimum Gasteiger partial charge on any atom is -0.488 e. The van der Waals surface area contributed by atoms with E-state index < -0.39 is 0 Å². The summed E-state index contributed by atoms with van der Waals surface area (Å²) in [4.78, 5) is 0. The summed E-state index contributed by atoms with van der Waals surface area (Å²) in [5.41, 5.74) is 4.63. The molecule has 0 bridgehead atoms. The highest BCUT2D eigenvalue weighted by atomic mass is 35.5. The highest BCUT2D eigenvalue weighted by Gasteiger charge is 2.06. The van der Waals surface area contributed by atoms with E-state index in [-0.39, 0.29) is 0 Å². The molecule has 7 heteroatoms. The van der Waals surface area contributed by atoms with Crippen LogP contribution in [0.15, 0.2) is 42.5 Å². The van der Waals surface area contributed by atoms with Crippen LogP contribution in [0.5, 0.6) is 5.75 Å². The number of hydrogen-bond acceptors (Lipinski definition) is 2. The minimum absolute atomic E-state index is 0.351. The second-order valence-corrected chi connectivity index (χ2v) is 6.09. The molecule has 2 aromatic carbocycles. The fraction of sp³-hybridized carbons (Fsp3) is 0.176. The van der Waals surface area contributed by atoms with Gasteiger partial charge in [-0.2, -0.15) is 0 Å². The molecule has 3 N–H and O–H groups in total. The van der Waals surface area contributed by atoms with Crippen LogP contribution in [0.3, 0.4) is 0 Å². The van der Waals surface area contributed by atoms with Gasteiger partial charge in [0.05, 0.1) is 5.56 Å². The Morgan fingerprint density at radius 3 is 2.79 bits per heavy atom. The Labute approximate surface area is 156 Å². The molecule has 126 valence electrons. The molecule has 0 radical (unpaired) electrons. The Morgan fingerprint density at radius 2 is 2.04 bits per heavy atom. The average molecular weight is 383 g/mol. The fourth-order valence-electron chi connectivity index (χ4n) is 1.91. The maximum atomic E-state index is 6.17. The van der Waals surface area contributed by atoms with Crippen LogP contribution in [-0.4, -0.2) is 17.9 Å². The number of para-hydroxylation sites is 1. The monoisotopic (exact) mass is 382 g/mol. The zero-order valence-electron chi connectivity index (χ0n) is 13.1. The van der Waals surface area contributed by atoms with E-state index in [0.717, 1.165) is 23.4 Å². The summed E-state index contributed by atoms with van der Waals surface area (Å²) in [5.74, 6) is 0.729. The van der Waals surface area contributed by atoms with Crippen LogP contribution in [0, 0.1) is 0 Å². The lowest BCUT2D eigenvalue weighted by Gasteiger charge is -2.09. The van der Waals surface area contributed by atoms with E-state index in [0.29, 0.717) is 21.8 Å². The Balaban J connectivity index is 2.03. The van der Waals surface area contributed by atoms with Crippen LogP contribution in [0.1, 0.15) is 18.1 Å². The first-order valence-corrected chi connectivity index (χ1v) is 8.55. The highest BCUT2D eigenvalue weighted by molar-refractivity contribution is 7.80. The quantitative estimate of drug-likeness (QED) is 0.408. The van der Waals surface area contributed by atoms with Crippen LogP contribution >= 0.6 is 35.4 Å². The van der Waals surface area contributed by atoms with Gasteiger partial charge in [-0.15, -0.1) is 10.5 Å². The van der Waals surface area contributed by atoms with Crippen molar-refractivity contribution in [1.82, 2.24) is 10.7 Å². The van der Waals surface area contributed by atoms with E-state index >= 15 is 0 Å². The van der Waals surface area contributed by atoms with Gasteiger partial charge in [0.25, 0.3) is 0 Å². The van der Waals surface area contributed by atoms with Crippen molar-refractivity contribution < 1.29 is 9.84 Å². The third-order valence-electron chi connectivity index (χ3n) is 3.07. The number of benzene rings is 2. The maximum Gasteiger partial charge on any atom is 0.223 e. The lowest BCUT2D eigenvalue weighted by molar-refractivity contribution is -0.500. The molecule has 0 saturated heterocycles. The predicted molar refractivity (Wildman–Crippen MR) is 103 cm³/mol. The molecule has 4 nitrogen and oxygen atoms in total. The summed E-state index contributed by atoms with van der Waals surface area (Å²) in [6, 6.07) is 13.0. The van der Waals surface area contributed by atoms with Crippen molar-refractivity contribution in [3.63, 3.8) is 0 Å². The molecule has 0 saturated carbocycles. The van der Waals surface area contributed by atoms with Crippen LogP contribution in [0.2, 0.25) is 10.0 Å². The molecule has 24 heavy (non-hydrogen) atoms. The van der Waals surface area contributed by atoms with Crippen molar-refractivity contribution in [1.29, 1.82) is 0 Å². The molecule has 0 aliphatic carbocycles. The van der Waals surface area contributed by atoms with Crippen molar-refractivity contribution in [3.8, 4) is 5.75 Å². The van der Waals surface area contributed by atoms with Gasteiger partial charge in [0.15, 0.2) is 0 Å². The molecule has 0 aromatic heterocycles. The van der Waals surface area contributed by atoms with Crippen molar-refractivity contribution >= 4 is 46.7 Å². The second kappa shape index (κ2) is 9.47. The largest absolute Gasteiger partial charge is 0.488 e. The molecular formula is C17H18Cl2N3OS+. The van der Waals surface area contributed by atoms with Crippen molar-refractivity contribution in [2.75, 3.05) is 6.54 Å². The van der Waals surface area contributed by atoms with Gasteiger partial charge in [-0.1, -0.05) is 41.4 Å². The lowest BCUT2D eigenvalue weighted by Crippen LogP contribution is -2.82. The third kappa shape index (κ3) is 5.67. The normalized spacial score (nSPS) is 10.6. The summed E-state index contributed by atoms with van der Waals surface area (Å²) in [6.45, 7) is 3.09. The highest BCUT2D eigenvalue weighted by Crippen LogP contribution is 2.23. The minimum atomic E-state index is 0.351. The molecule has 0 heterocycles. The zero-order chi connectivity index (χ0) is 17.4. The molecule has 0 unspecified atom stereocenters. The molecule has 0 spiro atoms. The summed E-state index contributed by atoms with van der Waals surface area (Å²) in [5, 5.41) is 7.64. The number of nitrogens with one attached hydrogen (secondary N) is 3. The van der Waals surface area contributed by atoms with Gasteiger partial charge in [0, 0.05) is 22.2 Å². The number of hydrazine groups is 1. The van der Waals surface area contributed by atoms with E-state index in [9.17, 15) is 0 Å². The molecule has 0 aliphatic rings. The van der Waals surface area contributed by atoms with Gasteiger partial charge >= 0.3 is 0 Å². The molecule has 0 amide bonds. The molecule has 0 atom stereocenters. The zero-order valence-corrected chi connectivity index (χ0v) is 15.4. The Hall–Kier alpha value is -1.82. The molecular weight excluding hydrogens is 365 g/mol. The third-order valence-corrected chi connectivity index (χ3v) is 3.90. The van der Waals surface area contributed by atoms with Gasteiger partial charge in [0.1, 0.15) is 12.4 Å². The van der Waals surface area contributed by atoms with Crippen LogP contribution in [0.4, 0.5) is 0 Å². The number of rotatable bonds is 6. The van der Waals surface area contributed by atoms with Gasteiger partial charge < -0.3 is 10.1 Å². The predicted octanol–water partition coefficient (Wildman–Crippen LogP) is 2.47. The smallest absolute Gasteiger partial charge is 0.223 e. The van der Waals surface area contributed by atoms with Gasteiger partial charge in [-0.25, -0.2) is 0 Å². The molecule has 2 aromatic rings. The maximum absolute atomic E-state index is 6.17. The summed E-state index contributed by atoms with van der Waals surface area (Å²) < 4.78 is 5.87.